The molecule has 4 N–H and O–H groups in total. The van der Waals surface area contributed by atoms with Gasteiger partial charge in [0, 0.05) is 63.9 Å². The van der Waals surface area contributed by atoms with E-state index in [4.69, 9.17) is 4.74 Å². The van der Waals surface area contributed by atoms with Crippen LogP contribution in [0.5, 0.6) is 0 Å². The van der Waals surface area contributed by atoms with E-state index in [1.54, 1.807) is 14.2 Å². The van der Waals surface area contributed by atoms with Gasteiger partial charge in [-0.2, -0.15) is 0 Å². The number of nitrogens with zero attached hydrogens (tertiary/aromatic N) is 2. The van der Waals surface area contributed by atoms with E-state index >= 15 is 0 Å². The van der Waals surface area contributed by atoms with Crippen LogP contribution in [0.15, 0.2) is 60.7 Å². The number of methoxy groups -OCH3 is 2. The number of alkyl carbamates (subject to hydrolysis) is 1. The Morgan fingerprint density at radius 1 is 0.635 bits per heavy atom. The summed E-state index contributed by atoms with van der Waals surface area (Å²) in [4.78, 5) is 50.9. The van der Waals surface area contributed by atoms with Crippen LogP contribution in [-0.2, 0) is 28.6 Å². The number of ether oxygens (including phenoxy) is 3. The van der Waals surface area contributed by atoms with Gasteiger partial charge in [0.05, 0.1) is 25.9 Å². The first-order chi connectivity index (χ1) is 30.6. The number of fused-ring (bicyclic) bond motifs is 5. The quantitative estimate of drug-likeness (QED) is 0.123. The van der Waals surface area contributed by atoms with E-state index in [2.05, 4.69) is 133 Å². The Labute approximate surface area is 377 Å². The maximum absolute atomic E-state index is 12.7. The van der Waals surface area contributed by atoms with Gasteiger partial charge in [-0.15, -0.1) is 0 Å². The number of likely N-dealkylation sites (tertiary alicyclic amines) is 2. The molecule has 2 bridgehead atoms. The highest BCUT2D eigenvalue weighted by molar-refractivity contribution is 5.83. The fraction of sp³-hybridized carbons (Fsp3) is 0.560. The molecule has 4 aliphatic heterocycles. The van der Waals surface area contributed by atoms with Gasteiger partial charge in [-0.1, -0.05) is 97.2 Å². The highest BCUT2D eigenvalue weighted by Crippen LogP contribution is 2.56. The standard InChI is InChI=1S/C39H46N6O6.3C3H8.C2H6O/c1-50-39(49)43-23-36(48)45-19-3-5-30(45)21-42-28-12-8-26(9-13-28)32-15-14-31(37-33-16-17-34(51-33)38(32)37)25-6-10-27(11-7-25)41-20-29-4-2-18-44(29)35(47)22-40-24-46;4*1-3-2/h6-15,24,29-30,33-34,41-42H,2-5,16-23H2,1H3,(H,40,46)(H,43,49);3*3H2,1-2H3;1-2H3/t29-,30-,33?,34?;;;;/m0..../s1. The Morgan fingerprint density at radius 3 is 1.41 bits per heavy atom. The van der Waals surface area contributed by atoms with Gasteiger partial charge in [-0.05, 0) is 96.2 Å². The number of amides is 4. The Morgan fingerprint density at radius 2 is 1.03 bits per heavy atom. The van der Waals surface area contributed by atoms with Crippen molar-refractivity contribution < 1.29 is 33.4 Å². The molecular formula is C50H76N6O7. The summed E-state index contributed by atoms with van der Waals surface area (Å²) in [7, 11) is 4.53. The molecule has 0 aliphatic carbocycles. The maximum atomic E-state index is 12.7. The number of carbonyl (C=O) groups excluding carboxylic acids is 4. The third kappa shape index (κ3) is 15.3. The molecule has 0 saturated carbocycles. The molecule has 4 atom stereocenters. The third-order valence-corrected chi connectivity index (χ3v) is 10.7. The first-order valence-electron chi connectivity index (χ1n) is 23.1. The molecule has 0 aromatic heterocycles. The van der Waals surface area contributed by atoms with E-state index in [9.17, 15) is 19.2 Å². The van der Waals surface area contributed by atoms with Crippen molar-refractivity contribution in [2.45, 2.75) is 124 Å². The fourth-order valence-electron chi connectivity index (χ4n) is 8.21. The minimum absolute atomic E-state index is 0.0381. The predicted molar refractivity (Wildman–Crippen MR) is 255 cm³/mol. The molecule has 348 valence electrons. The van der Waals surface area contributed by atoms with Crippen molar-refractivity contribution in [3.05, 3.63) is 71.8 Å². The topological polar surface area (TPSA) is 151 Å². The molecule has 0 spiro atoms. The number of hydrogen-bond acceptors (Lipinski definition) is 9. The van der Waals surface area contributed by atoms with E-state index < -0.39 is 6.09 Å². The Bertz CT molecular complexity index is 1810. The summed E-state index contributed by atoms with van der Waals surface area (Å²) in [5, 5.41) is 12.0. The predicted octanol–water partition coefficient (Wildman–Crippen LogP) is 9.35. The first kappa shape index (κ1) is 52.2. The maximum Gasteiger partial charge on any atom is 0.407 e. The third-order valence-electron chi connectivity index (χ3n) is 10.7. The number of nitrogens with one attached hydrogen (secondary N) is 4. The van der Waals surface area contributed by atoms with E-state index in [1.807, 2.05) is 9.80 Å². The average molecular weight is 873 g/mol. The molecule has 13 nitrogen and oxygen atoms in total. The number of rotatable bonds is 13. The lowest BCUT2D eigenvalue weighted by Gasteiger charge is -2.25. The van der Waals surface area contributed by atoms with Gasteiger partial charge in [-0.25, -0.2) is 4.79 Å². The summed E-state index contributed by atoms with van der Waals surface area (Å²) < 4.78 is 15.3. The Kier molecular flexibility index (Phi) is 23.6. The second-order valence-electron chi connectivity index (χ2n) is 16.2. The zero-order valence-electron chi connectivity index (χ0n) is 39.5. The van der Waals surface area contributed by atoms with Crippen molar-refractivity contribution in [1.82, 2.24) is 20.4 Å². The first-order valence-corrected chi connectivity index (χ1v) is 23.1. The molecule has 2 unspecified atom stereocenters. The smallest absolute Gasteiger partial charge is 0.407 e. The average Bonchev–Trinajstić information content (AvgIpc) is 4.13. The van der Waals surface area contributed by atoms with Crippen molar-refractivity contribution in [1.29, 1.82) is 0 Å². The van der Waals surface area contributed by atoms with Crippen molar-refractivity contribution in [3.8, 4) is 22.3 Å². The zero-order valence-corrected chi connectivity index (χ0v) is 39.5. The lowest BCUT2D eigenvalue weighted by atomic mass is 9.81. The van der Waals surface area contributed by atoms with Gasteiger partial charge in [0.25, 0.3) is 0 Å². The van der Waals surface area contributed by atoms with Crippen LogP contribution in [0.3, 0.4) is 0 Å². The van der Waals surface area contributed by atoms with Crippen molar-refractivity contribution >= 4 is 35.7 Å². The summed E-state index contributed by atoms with van der Waals surface area (Å²) in [5.74, 6) is -0.148. The minimum Gasteiger partial charge on any atom is -0.453 e. The van der Waals surface area contributed by atoms with Crippen LogP contribution in [0, 0.1) is 0 Å². The fourth-order valence-corrected chi connectivity index (χ4v) is 8.21. The number of carbonyl (C=O) groups is 4. The molecule has 13 heteroatoms. The second kappa shape index (κ2) is 28.5. The molecule has 4 aliphatic rings. The van der Waals surface area contributed by atoms with Crippen molar-refractivity contribution in [2.75, 3.05) is 71.2 Å². The lowest BCUT2D eigenvalue weighted by Crippen LogP contribution is -2.44. The van der Waals surface area contributed by atoms with Crippen LogP contribution in [0.4, 0.5) is 16.2 Å². The summed E-state index contributed by atoms with van der Waals surface area (Å²) in [5.41, 5.74) is 9.29. The molecule has 4 heterocycles. The molecule has 3 fully saturated rings. The van der Waals surface area contributed by atoms with Crippen molar-refractivity contribution in [2.24, 2.45) is 0 Å². The molecule has 0 radical (unpaired) electrons. The van der Waals surface area contributed by atoms with Gasteiger partial charge in [0.2, 0.25) is 18.2 Å². The normalized spacial score (nSPS) is 18.7. The molecule has 3 aromatic carbocycles. The highest BCUT2D eigenvalue weighted by atomic mass is 16.5. The molecule has 3 saturated heterocycles. The van der Waals surface area contributed by atoms with E-state index in [-0.39, 0.29) is 49.2 Å². The summed E-state index contributed by atoms with van der Waals surface area (Å²) >= 11 is 0. The van der Waals surface area contributed by atoms with Crippen LogP contribution >= 0.6 is 0 Å². The molecule has 7 rings (SSSR count). The SMILES string of the molecule is CCC.CCC.CCC.COC.COC(=O)NCC(=O)N1CCC[C@H]1CNc1ccc(-c2ccc(-c3ccc(NC[C@@H]4CCCN4C(=O)CNC=O)cc3)c3c2C2CCC3O2)cc1. The highest BCUT2D eigenvalue weighted by Gasteiger charge is 2.41. The Hall–Kier alpha value is -5.14. The number of anilines is 2. The van der Waals surface area contributed by atoms with E-state index in [0.29, 0.717) is 26.0 Å². The van der Waals surface area contributed by atoms with Gasteiger partial charge in [-0.3, -0.25) is 14.4 Å². The van der Waals surface area contributed by atoms with E-state index in [1.165, 1.54) is 48.6 Å². The van der Waals surface area contributed by atoms with Gasteiger partial charge < -0.3 is 45.3 Å². The summed E-state index contributed by atoms with van der Waals surface area (Å²) in [6, 6.07) is 21.6. The second-order valence-corrected chi connectivity index (χ2v) is 16.2. The van der Waals surface area contributed by atoms with Gasteiger partial charge in [0.1, 0.15) is 6.54 Å². The van der Waals surface area contributed by atoms with Crippen LogP contribution in [0.1, 0.15) is 123 Å². The Balaban J connectivity index is 0.000000794. The van der Waals surface area contributed by atoms with Crippen LogP contribution in [-0.4, -0.2) is 107 Å². The molecule has 4 amide bonds. The molecule has 63 heavy (non-hydrogen) atoms. The number of benzene rings is 3. The van der Waals surface area contributed by atoms with Gasteiger partial charge >= 0.3 is 6.09 Å². The van der Waals surface area contributed by atoms with Gasteiger partial charge in [0.15, 0.2) is 0 Å². The summed E-state index contributed by atoms with van der Waals surface area (Å²) in [6.45, 7) is 15.4. The largest absolute Gasteiger partial charge is 0.453 e. The molecular weight excluding hydrogens is 797 g/mol. The lowest BCUT2D eigenvalue weighted by molar-refractivity contribution is -0.132. The summed E-state index contributed by atoms with van der Waals surface area (Å²) in [6.07, 6.45) is 9.71. The number of hydrogen-bond donors (Lipinski definition) is 4. The zero-order chi connectivity index (χ0) is 46.1. The van der Waals surface area contributed by atoms with Crippen LogP contribution in [0.25, 0.3) is 22.3 Å². The van der Waals surface area contributed by atoms with E-state index in [0.717, 1.165) is 67.6 Å². The van der Waals surface area contributed by atoms with Crippen molar-refractivity contribution in [3.63, 3.8) is 0 Å². The molecule has 3 aromatic rings. The minimum atomic E-state index is -0.606. The van der Waals surface area contributed by atoms with Crippen LogP contribution in [0.2, 0.25) is 0 Å². The monoisotopic (exact) mass is 873 g/mol. The van der Waals surface area contributed by atoms with Crippen LogP contribution < -0.4 is 21.3 Å².